The van der Waals surface area contributed by atoms with E-state index < -0.39 is 0 Å². The van der Waals surface area contributed by atoms with E-state index in [0.717, 1.165) is 42.0 Å². The Labute approximate surface area is 161 Å². The van der Waals surface area contributed by atoms with Crippen molar-refractivity contribution in [3.05, 3.63) is 89.2 Å². The fraction of sp³-hybridized carbons (Fsp3) is 0.292. The largest absolute Gasteiger partial charge is 0.358 e. The van der Waals surface area contributed by atoms with E-state index in [9.17, 15) is 4.39 Å². The molecule has 0 spiro atoms. The summed E-state index contributed by atoms with van der Waals surface area (Å²) in [4.78, 5) is 0. The zero-order valence-electron chi connectivity index (χ0n) is 16.3. The van der Waals surface area contributed by atoms with E-state index in [2.05, 4.69) is 67.1 Å². The van der Waals surface area contributed by atoms with Gasteiger partial charge in [0.25, 0.3) is 0 Å². The first kappa shape index (κ1) is 19.0. The third-order valence-corrected chi connectivity index (χ3v) is 5.10. The Balaban J connectivity index is 1.86. The van der Waals surface area contributed by atoms with Crippen molar-refractivity contribution < 1.29 is 4.39 Å². The molecule has 1 fully saturated rings. The maximum atomic E-state index is 14.0. The number of aryl methyl sites for hydroxylation is 2. The van der Waals surface area contributed by atoms with Crippen molar-refractivity contribution in [3.8, 4) is 0 Å². The van der Waals surface area contributed by atoms with Crippen LogP contribution in [0, 0.1) is 25.1 Å². The van der Waals surface area contributed by atoms with Gasteiger partial charge in [0.15, 0.2) is 0 Å². The van der Waals surface area contributed by atoms with Crippen molar-refractivity contribution in [1.29, 1.82) is 0 Å². The van der Waals surface area contributed by atoms with Gasteiger partial charge >= 0.3 is 0 Å². The van der Waals surface area contributed by atoms with Crippen LogP contribution in [0.15, 0.2) is 72.2 Å². The molecular weight excluding hydrogens is 335 g/mol. The number of allylic oxidation sites excluding steroid dienone is 1. The molecular formula is C24H27FN2. The average molecular weight is 362 g/mol. The summed E-state index contributed by atoms with van der Waals surface area (Å²) in [6.07, 6.45) is 5.10. The van der Waals surface area contributed by atoms with E-state index in [1.165, 1.54) is 5.56 Å². The van der Waals surface area contributed by atoms with Crippen molar-refractivity contribution in [1.82, 2.24) is 0 Å². The minimum atomic E-state index is -0.196. The summed E-state index contributed by atoms with van der Waals surface area (Å²) in [6.45, 7) is 9.87. The number of benzene rings is 2. The predicted octanol–water partition coefficient (Wildman–Crippen LogP) is 6.71. The highest BCUT2D eigenvalue weighted by Gasteiger charge is 2.50. The number of nitrogens with one attached hydrogen (secondary N) is 2. The summed E-state index contributed by atoms with van der Waals surface area (Å²) in [5, 5.41) is 6.94. The highest BCUT2D eigenvalue weighted by atomic mass is 19.1. The van der Waals surface area contributed by atoms with Crippen LogP contribution < -0.4 is 10.6 Å². The van der Waals surface area contributed by atoms with Crippen LogP contribution in [-0.4, -0.2) is 0 Å². The van der Waals surface area contributed by atoms with Gasteiger partial charge in [-0.25, -0.2) is 4.39 Å². The molecule has 0 saturated heterocycles. The molecule has 1 aliphatic rings. The smallest absolute Gasteiger partial charge is 0.128 e. The van der Waals surface area contributed by atoms with Crippen LogP contribution in [0.5, 0.6) is 0 Å². The van der Waals surface area contributed by atoms with Gasteiger partial charge in [0.2, 0.25) is 0 Å². The van der Waals surface area contributed by atoms with E-state index >= 15 is 0 Å². The summed E-state index contributed by atoms with van der Waals surface area (Å²) >= 11 is 0. The van der Waals surface area contributed by atoms with Crippen molar-refractivity contribution in [2.24, 2.45) is 5.41 Å². The van der Waals surface area contributed by atoms with E-state index in [-0.39, 0.29) is 11.2 Å². The van der Waals surface area contributed by atoms with Gasteiger partial charge in [-0.15, -0.1) is 5.73 Å². The molecule has 1 saturated carbocycles. The molecule has 0 unspecified atom stereocenters. The molecule has 3 rings (SSSR count). The van der Waals surface area contributed by atoms with E-state index in [1.54, 1.807) is 19.1 Å². The summed E-state index contributed by atoms with van der Waals surface area (Å²) in [6, 6.07) is 13.6. The lowest BCUT2D eigenvalue weighted by Gasteiger charge is -2.24. The summed E-state index contributed by atoms with van der Waals surface area (Å²) in [5.41, 5.74) is 8.66. The van der Waals surface area contributed by atoms with Gasteiger partial charge in [0.1, 0.15) is 5.82 Å². The first-order valence-corrected chi connectivity index (χ1v) is 9.46. The van der Waals surface area contributed by atoms with Crippen LogP contribution in [0.3, 0.4) is 0 Å². The second-order valence-electron chi connectivity index (χ2n) is 7.24. The third kappa shape index (κ3) is 4.15. The van der Waals surface area contributed by atoms with Gasteiger partial charge in [-0.1, -0.05) is 43.3 Å². The average Bonchev–Trinajstić information content (AvgIpc) is 3.45. The minimum Gasteiger partial charge on any atom is -0.358 e. The van der Waals surface area contributed by atoms with Crippen LogP contribution in [0.4, 0.5) is 15.8 Å². The van der Waals surface area contributed by atoms with Gasteiger partial charge in [-0.05, 0) is 62.9 Å². The quantitative estimate of drug-likeness (QED) is 0.535. The zero-order valence-corrected chi connectivity index (χ0v) is 16.3. The molecule has 0 aromatic heterocycles. The minimum absolute atomic E-state index is 0.163. The van der Waals surface area contributed by atoms with Crippen molar-refractivity contribution in [3.63, 3.8) is 0 Å². The normalized spacial score (nSPS) is 15.0. The molecule has 0 aliphatic heterocycles. The zero-order chi connectivity index (χ0) is 19.4. The number of hydrogen-bond acceptors (Lipinski definition) is 2. The van der Waals surface area contributed by atoms with E-state index in [1.807, 2.05) is 6.07 Å². The topological polar surface area (TPSA) is 24.1 Å². The summed E-state index contributed by atoms with van der Waals surface area (Å²) in [7, 11) is 0. The molecule has 2 aromatic carbocycles. The molecule has 0 bridgehead atoms. The van der Waals surface area contributed by atoms with Crippen LogP contribution in [0.25, 0.3) is 0 Å². The number of halogens is 1. The fourth-order valence-corrected chi connectivity index (χ4v) is 3.29. The van der Waals surface area contributed by atoms with Crippen molar-refractivity contribution in [2.75, 3.05) is 10.6 Å². The first-order valence-electron chi connectivity index (χ1n) is 9.46. The van der Waals surface area contributed by atoms with Crippen LogP contribution in [0.2, 0.25) is 0 Å². The Hall–Kier alpha value is -2.77. The molecule has 1 aliphatic carbocycles. The lowest BCUT2D eigenvalue weighted by molar-refractivity contribution is 0.619. The standard InChI is InChI=1S/C24H27FN2/c1-5-7-23(27-20-13-10-18(4)21(25)16-20)24(14-15-24)22(6-2)26-19-11-8-17(3)9-12-19/h7-13,16,26-27H,2,5,14-15H2,1,3-4H3/b23-7+. The van der Waals surface area contributed by atoms with Gasteiger partial charge < -0.3 is 10.6 Å². The van der Waals surface area contributed by atoms with Crippen LogP contribution >= 0.6 is 0 Å². The summed E-state index contributed by atoms with van der Waals surface area (Å²) in [5.74, 6) is -0.196. The third-order valence-electron chi connectivity index (χ3n) is 5.10. The first-order chi connectivity index (χ1) is 13.0. The Kier molecular flexibility index (Phi) is 5.53. The highest BCUT2D eigenvalue weighted by Crippen LogP contribution is 2.57. The van der Waals surface area contributed by atoms with Crippen molar-refractivity contribution in [2.45, 2.75) is 40.0 Å². The van der Waals surface area contributed by atoms with Crippen molar-refractivity contribution >= 4 is 11.4 Å². The van der Waals surface area contributed by atoms with Crippen LogP contribution in [0.1, 0.15) is 37.3 Å². The molecule has 2 N–H and O–H groups in total. The lowest BCUT2D eigenvalue weighted by atomic mass is 9.96. The monoisotopic (exact) mass is 362 g/mol. The number of rotatable bonds is 7. The second-order valence-corrected chi connectivity index (χ2v) is 7.24. The van der Waals surface area contributed by atoms with E-state index in [0.29, 0.717) is 5.56 Å². The molecule has 0 amide bonds. The molecule has 0 atom stereocenters. The molecule has 27 heavy (non-hydrogen) atoms. The number of anilines is 2. The Morgan fingerprint density at radius 2 is 1.78 bits per heavy atom. The second kappa shape index (κ2) is 7.85. The molecule has 0 heterocycles. The SMILES string of the molecule is C=C=C(Nc1ccc(C)cc1)C1(/C(=C\CC)Nc2ccc(C)c(F)c2)CC1. The molecule has 2 nitrogen and oxygen atoms in total. The van der Waals surface area contributed by atoms with Crippen LogP contribution in [-0.2, 0) is 0 Å². The Morgan fingerprint density at radius 1 is 1.11 bits per heavy atom. The molecule has 140 valence electrons. The predicted molar refractivity (Wildman–Crippen MR) is 112 cm³/mol. The molecule has 2 aromatic rings. The lowest BCUT2D eigenvalue weighted by Crippen LogP contribution is -2.20. The molecule has 0 radical (unpaired) electrons. The Morgan fingerprint density at radius 3 is 2.33 bits per heavy atom. The summed E-state index contributed by atoms with van der Waals surface area (Å²) < 4.78 is 14.0. The van der Waals surface area contributed by atoms with E-state index in [4.69, 9.17) is 0 Å². The maximum absolute atomic E-state index is 14.0. The van der Waals surface area contributed by atoms with Gasteiger partial charge in [-0.3, -0.25) is 0 Å². The fourth-order valence-electron chi connectivity index (χ4n) is 3.29. The number of hydrogen-bond donors (Lipinski definition) is 2. The van der Waals surface area contributed by atoms with Gasteiger partial charge in [0.05, 0.1) is 11.1 Å². The maximum Gasteiger partial charge on any atom is 0.128 e. The Bertz CT molecular complexity index is 898. The van der Waals surface area contributed by atoms with Gasteiger partial charge in [-0.2, -0.15) is 0 Å². The molecule has 3 heteroatoms. The van der Waals surface area contributed by atoms with Gasteiger partial charge in [0, 0.05) is 17.1 Å². The highest BCUT2D eigenvalue weighted by molar-refractivity contribution is 5.58.